The van der Waals surface area contributed by atoms with Gasteiger partial charge in [0, 0.05) is 32.6 Å². The fourth-order valence-corrected chi connectivity index (χ4v) is 2.14. The lowest BCUT2D eigenvalue weighted by atomic mass is 10.2. The highest BCUT2D eigenvalue weighted by molar-refractivity contribution is 5.76. The first-order chi connectivity index (χ1) is 9.78. The predicted octanol–water partition coefficient (Wildman–Crippen LogP) is 1.15. The van der Waals surface area contributed by atoms with E-state index in [0.717, 1.165) is 38.3 Å². The van der Waals surface area contributed by atoms with Crippen molar-refractivity contribution in [1.29, 1.82) is 5.26 Å². The van der Waals surface area contributed by atoms with E-state index in [-0.39, 0.29) is 5.91 Å². The van der Waals surface area contributed by atoms with Crippen molar-refractivity contribution in [3.63, 3.8) is 0 Å². The highest BCUT2D eigenvalue weighted by Gasteiger charge is 2.12. The zero-order chi connectivity index (χ0) is 14.2. The normalized spacial score (nSPS) is 16.1. The second kappa shape index (κ2) is 7.51. The van der Waals surface area contributed by atoms with Crippen LogP contribution in [0.15, 0.2) is 24.3 Å². The molecule has 0 radical (unpaired) electrons. The summed E-state index contributed by atoms with van der Waals surface area (Å²) in [6.45, 7) is 4.04. The van der Waals surface area contributed by atoms with Crippen molar-refractivity contribution in [3.05, 3.63) is 29.8 Å². The maximum atomic E-state index is 11.2. The number of nitrogens with zero attached hydrogens (tertiary/aromatic N) is 2. The zero-order valence-corrected chi connectivity index (χ0v) is 11.5. The number of rotatable bonds is 5. The molecule has 0 unspecified atom stereocenters. The number of nitriles is 1. The molecule has 1 saturated heterocycles. The van der Waals surface area contributed by atoms with Gasteiger partial charge in [-0.25, -0.2) is 0 Å². The molecule has 0 aromatic heterocycles. The summed E-state index contributed by atoms with van der Waals surface area (Å²) in [5, 5.41) is 11.6. The van der Waals surface area contributed by atoms with Gasteiger partial charge in [0.25, 0.3) is 0 Å². The lowest BCUT2D eigenvalue weighted by Gasteiger charge is -2.18. The van der Waals surface area contributed by atoms with Crippen LogP contribution < -0.4 is 10.1 Å². The molecule has 1 aliphatic rings. The summed E-state index contributed by atoms with van der Waals surface area (Å²) in [6, 6.07) is 9.21. The van der Waals surface area contributed by atoms with Gasteiger partial charge in [-0.2, -0.15) is 5.26 Å². The first kappa shape index (κ1) is 14.4. The maximum Gasteiger partial charge on any atom is 0.221 e. The van der Waals surface area contributed by atoms with Gasteiger partial charge in [-0.15, -0.1) is 0 Å². The number of benzene rings is 1. The Morgan fingerprint density at radius 2 is 2.10 bits per heavy atom. The van der Waals surface area contributed by atoms with Crippen LogP contribution in [-0.2, 0) is 4.79 Å². The molecule has 1 aromatic carbocycles. The largest absolute Gasteiger partial charge is 0.494 e. The van der Waals surface area contributed by atoms with Crippen LogP contribution in [-0.4, -0.2) is 43.6 Å². The summed E-state index contributed by atoms with van der Waals surface area (Å²) in [5.74, 6) is 0.929. The number of carbonyl (C=O) groups excluding carboxylic acids is 1. The van der Waals surface area contributed by atoms with Crippen molar-refractivity contribution in [3.8, 4) is 11.8 Å². The predicted molar refractivity (Wildman–Crippen MR) is 75.3 cm³/mol. The third kappa shape index (κ3) is 4.56. The number of ether oxygens (including phenoxy) is 1. The first-order valence-corrected chi connectivity index (χ1v) is 6.90. The van der Waals surface area contributed by atoms with Crippen LogP contribution in [0.4, 0.5) is 0 Å². The molecule has 106 valence electrons. The average molecular weight is 273 g/mol. The van der Waals surface area contributed by atoms with Gasteiger partial charge in [-0.05, 0) is 30.7 Å². The molecule has 5 heteroatoms. The van der Waals surface area contributed by atoms with Crippen LogP contribution >= 0.6 is 0 Å². The molecule has 2 rings (SSSR count). The molecule has 1 fully saturated rings. The van der Waals surface area contributed by atoms with Crippen molar-refractivity contribution < 1.29 is 9.53 Å². The van der Waals surface area contributed by atoms with Crippen molar-refractivity contribution in [2.75, 3.05) is 32.8 Å². The molecule has 20 heavy (non-hydrogen) atoms. The number of nitrogens with one attached hydrogen (secondary N) is 1. The summed E-state index contributed by atoms with van der Waals surface area (Å²) in [4.78, 5) is 13.5. The van der Waals surface area contributed by atoms with Crippen LogP contribution in [0.1, 0.15) is 18.4 Å². The minimum Gasteiger partial charge on any atom is -0.494 e. The highest BCUT2D eigenvalue weighted by Crippen LogP contribution is 2.11. The van der Waals surface area contributed by atoms with Gasteiger partial charge in [0.15, 0.2) is 0 Å². The molecule has 0 saturated carbocycles. The molecule has 1 heterocycles. The van der Waals surface area contributed by atoms with E-state index in [1.807, 2.05) is 12.1 Å². The zero-order valence-electron chi connectivity index (χ0n) is 11.5. The van der Waals surface area contributed by atoms with E-state index in [1.165, 1.54) is 0 Å². The Morgan fingerprint density at radius 1 is 1.30 bits per heavy atom. The quantitative estimate of drug-likeness (QED) is 0.817. The Kier molecular flexibility index (Phi) is 5.39. The second-order valence-electron chi connectivity index (χ2n) is 4.78. The summed E-state index contributed by atoms with van der Waals surface area (Å²) in [7, 11) is 0. The Bertz CT molecular complexity index is 479. The summed E-state index contributed by atoms with van der Waals surface area (Å²) in [6.07, 6.45) is 1.50. The van der Waals surface area contributed by atoms with Crippen LogP contribution in [0.5, 0.6) is 5.75 Å². The molecule has 1 aromatic rings. The van der Waals surface area contributed by atoms with E-state index in [2.05, 4.69) is 16.3 Å². The average Bonchev–Trinajstić information content (AvgIpc) is 2.69. The molecule has 5 nitrogen and oxygen atoms in total. The monoisotopic (exact) mass is 273 g/mol. The van der Waals surface area contributed by atoms with E-state index in [9.17, 15) is 4.79 Å². The number of hydrogen-bond acceptors (Lipinski definition) is 4. The minimum absolute atomic E-state index is 0.140. The SMILES string of the molecule is N#Cc1ccc(OCCCN2CCNC(=O)CC2)cc1. The van der Waals surface area contributed by atoms with E-state index in [1.54, 1.807) is 12.1 Å². The molecule has 0 atom stereocenters. The van der Waals surface area contributed by atoms with Gasteiger partial charge in [-0.1, -0.05) is 0 Å². The third-order valence-electron chi connectivity index (χ3n) is 3.28. The molecule has 1 aliphatic heterocycles. The number of hydrogen-bond donors (Lipinski definition) is 1. The van der Waals surface area contributed by atoms with Gasteiger partial charge in [0.2, 0.25) is 5.91 Å². The van der Waals surface area contributed by atoms with Crippen LogP contribution in [0, 0.1) is 11.3 Å². The molecular weight excluding hydrogens is 254 g/mol. The fraction of sp³-hybridized carbons (Fsp3) is 0.467. The van der Waals surface area contributed by atoms with Crippen LogP contribution in [0.3, 0.4) is 0 Å². The first-order valence-electron chi connectivity index (χ1n) is 6.90. The molecule has 1 N–H and O–H groups in total. The van der Waals surface area contributed by atoms with Gasteiger partial charge >= 0.3 is 0 Å². The Balaban J connectivity index is 1.65. The van der Waals surface area contributed by atoms with Crippen molar-refractivity contribution >= 4 is 5.91 Å². The molecular formula is C15H19N3O2. The van der Waals surface area contributed by atoms with E-state index < -0.39 is 0 Å². The van der Waals surface area contributed by atoms with Gasteiger partial charge < -0.3 is 15.0 Å². The summed E-state index contributed by atoms with van der Waals surface area (Å²) >= 11 is 0. The highest BCUT2D eigenvalue weighted by atomic mass is 16.5. The maximum absolute atomic E-state index is 11.2. The Hall–Kier alpha value is -2.06. The Labute approximate surface area is 119 Å². The molecule has 0 aliphatic carbocycles. The second-order valence-corrected chi connectivity index (χ2v) is 4.78. The van der Waals surface area contributed by atoms with Crippen molar-refractivity contribution in [1.82, 2.24) is 10.2 Å². The third-order valence-corrected chi connectivity index (χ3v) is 3.28. The van der Waals surface area contributed by atoms with E-state index >= 15 is 0 Å². The van der Waals surface area contributed by atoms with Crippen molar-refractivity contribution in [2.45, 2.75) is 12.8 Å². The van der Waals surface area contributed by atoms with Crippen LogP contribution in [0.2, 0.25) is 0 Å². The van der Waals surface area contributed by atoms with Gasteiger partial charge in [0.1, 0.15) is 5.75 Å². The smallest absolute Gasteiger partial charge is 0.221 e. The fourth-order valence-electron chi connectivity index (χ4n) is 2.14. The summed E-state index contributed by atoms with van der Waals surface area (Å²) in [5.41, 5.74) is 0.638. The minimum atomic E-state index is 0.140. The van der Waals surface area contributed by atoms with Gasteiger partial charge in [0.05, 0.1) is 18.2 Å². The Morgan fingerprint density at radius 3 is 2.85 bits per heavy atom. The number of carbonyl (C=O) groups is 1. The number of amides is 1. The lowest BCUT2D eigenvalue weighted by molar-refractivity contribution is -0.120. The van der Waals surface area contributed by atoms with E-state index in [4.69, 9.17) is 10.00 Å². The van der Waals surface area contributed by atoms with E-state index in [0.29, 0.717) is 18.6 Å². The molecule has 1 amide bonds. The lowest BCUT2D eigenvalue weighted by Crippen LogP contribution is -2.30. The van der Waals surface area contributed by atoms with Gasteiger partial charge in [-0.3, -0.25) is 4.79 Å². The van der Waals surface area contributed by atoms with Crippen LogP contribution in [0.25, 0.3) is 0 Å². The van der Waals surface area contributed by atoms with Crippen molar-refractivity contribution in [2.24, 2.45) is 0 Å². The molecule has 0 bridgehead atoms. The standard InChI is InChI=1S/C15H19N3O2/c16-12-13-2-4-14(5-3-13)20-11-1-8-18-9-6-15(19)17-7-10-18/h2-5H,1,6-11H2,(H,17,19). The molecule has 0 spiro atoms. The summed E-state index contributed by atoms with van der Waals surface area (Å²) < 4.78 is 5.63. The topological polar surface area (TPSA) is 65.4 Å².